The topological polar surface area (TPSA) is 62.5 Å². The maximum atomic E-state index is 9.96. The molecule has 2 atom stereocenters. The second kappa shape index (κ2) is 5.38. The number of nitrogens with zero attached hydrogens (tertiary/aromatic N) is 1. The predicted molar refractivity (Wildman–Crippen MR) is 59.3 cm³/mol. The Morgan fingerprint density at radius 3 is 2.50 bits per heavy atom. The van der Waals surface area contributed by atoms with Crippen LogP contribution in [0.2, 0.25) is 0 Å². The molecular weight excluding hydrogens is 206 g/mol. The summed E-state index contributed by atoms with van der Waals surface area (Å²) in [7, 11) is 3.07. The fourth-order valence-corrected chi connectivity index (χ4v) is 1.41. The third-order valence-corrected chi connectivity index (χ3v) is 2.43. The molecule has 16 heavy (non-hydrogen) atoms. The normalized spacial score (nSPS) is 13.7. The van der Waals surface area contributed by atoms with Crippen LogP contribution in [0.5, 0.6) is 11.5 Å². The Morgan fingerprint density at radius 2 is 2.00 bits per heavy atom. The van der Waals surface area contributed by atoms with Gasteiger partial charge >= 0.3 is 0 Å². The zero-order valence-corrected chi connectivity index (χ0v) is 9.60. The highest BCUT2D eigenvalue weighted by Gasteiger charge is 2.20. The van der Waals surface area contributed by atoms with E-state index >= 15 is 0 Å². The molecule has 0 amide bonds. The number of rotatable bonds is 4. The summed E-state index contributed by atoms with van der Waals surface area (Å²) in [6.07, 6.45) is -0.880. The van der Waals surface area contributed by atoms with E-state index in [2.05, 4.69) is 0 Å². The van der Waals surface area contributed by atoms with Crippen LogP contribution in [0.3, 0.4) is 0 Å². The molecule has 2 unspecified atom stereocenters. The number of aliphatic hydroxyl groups is 1. The van der Waals surface area contributed by atoms with Crippen LogP contribution >= 0.6 is 0 Å². The van der Waals surface area contributed by atoms with Crippen molar-refractivity contribution in [1.29, 1.82) is 5.26 Å². The maximum absolute atomic E-state index is 9.96. The van der Waals surface area contributed by atoms with E-state index in [1.165, 1.54) is 7.11 Å². The Kier molecular flexibility index (Phi) is 4.15. The number of ether oxygens (including phenoxy) is 2. The first kappa shape index (κ1) is 12.3. The smallest absolute Gasteiger partial charge is 0.124 e. The van der Waals surface area contributed by atoms with Gasteiger partial charge in [0.25, 0.3) is 0 Å². The molecule has 0 aliphatic rings. The van der Waals surface area contributed by atoms with Gasteiger partial charge in [-0.15, -0.1) is 0 Å². The average Bonchev–Trinajstić information content (AvgIpc) is 2.35. The Balaban J connectivity index is 3.13. The van der Waals surface area contributed by atoms with Crippen LogP contribution in [0.25, 0.3) is 0 Å². The molecule has 1 N–H and O–H groups in total. The lowest BCUT2D eigenvalue weighted by molar-refractivity contribution is 0.139. The Morgan fingerprint density at radius 1 is 1.31 bits per heavy atom. The first-order chi connectivity index (χ1) is 7.63. The summed E-state index contributed by atoms with van der Waals surface area (Å²) in [6, 6.07) is 7.14. The maximum Gasteiger partial charge on any atom is 0.124 e. The van der Waals surface area contributed by atoms with Crippen molar-refractivity contribution in [2.24, 2.45) is 5.92 Å². The summed E-state index contributed by atoms with van der Waals surface area (Å²) >= 11 is 0. The van der Waals surface area contributed by atoms with Gasteiger partial charge in [-0.1, -0.05) is 0 Å². The zero-order valence-electron chi connectivity index (χ0n) is 9.60. The molecular formula is C12H15NO3. The predicted octanol–water partition coefficient (Wildman–Crippen LogP) is 1.90. The molecule has 0 spiro atoms. The van der Waals surface area contributed by atoms with Crippen molar-refractivity contribution in [3.8, 4) is 17.6 Å². The van der Waals surface area contributed by atoms with Crippen LogP contribution in [-0.2, 0) is 0 Å². The third kappa shape index (κ3) is 2.44. The Hall–Kier alpha value is -1.73. The number of benzene rings is 1. The monoisotopic (exact) mass is 221 g/mol. The summed E-state index contributed by atoms with van der Waals surface area (Å²) in [6.45, 7) is 1.66. The van der Waals surface area contributed by atoms with Crippen molar-refractivity contribution in [2.75, 3.05) is 14.2 Å². The number of methoxy groups -OCH3 is 2. The average molecular weight is 221 g/mol. The molecule has 0 aromatic heterocycles. The summed E-state index contributed by atoms with van der Waals surface area (Å²) in [5.74, 6) is 0.677. The van der Waals surface area contributed by atoms with Crippen LogP contribution in [0.1, 0.15) is 18.6 Å². The van der Waals surface area contributed by atoms with Crippen molar-refractivity contribution in [3.63, 3.8) is 0 Å². The van der Waals surface area contributed by atoms with E-state index in [0.717, 1.165) is 0 Å². The molecule has 0 heterocycles. The molecule has 0 radical (unpaired) electrons. The quantitative estimate of drug-likeness (QED) is 0.843. The highest BCUT2D eigenvalue weighted by atomic mass is 16.5. The summed E-state index contributed by atoms with van der Waals surface area (Å²) < 4.78 is 10.2. The van der Waals surface area contributed by atoms with Crippen LogP contribution in [0.15, 0.2) is 18.2 Å². The highest BCUT2D eigenvalue weighted by Crippen LogP contribution is 2.32. The minimum absolute atomic E-state index is 0.499. The van der Waals surface area contributed by atoms with Crippen molar-refractivity contribution in [1.82, 2.24) is 0 Å². The molecule has 0 saturated carbocycles. The molecule has 0 saturated heterocycles. The first-order valence-corrected chi connectivity index (χ1v) is 4.93. The van der Waals surface area contributed by atoms with Crippen molar-refractivity contribution in [2.45, 2.75) is 13.0 Å². The van der Waals surface area contributed by atoms with E-state index in [1.54, 1.807) is 32.2 Å². The van der Waals surface area contributed by atoms with Gasteiger partial charge in [0.05, 0.1) is 32.3 Å². The molecule has 0 aliphatic carbocycles. The summed E-state index contributed by atoms with van der Waals surface area (Å²) in [4.78, 5) is 0. The second-order valence-corrected chi connectivity index (χ2v) is 3.47. The molecule has 0 fully saturated rings. The SMILES string of the molecule is COc1ccc(OC)c(C(O)C(C)C#N)c1. The first-order valence-electron chi connectivity index (χ1n) is 4.93. The molecule has 4 heteroatoms. The Bertz CT molecular complexity index is 398. The largest absolute Gasteiger partial charge is 0.497 e. The van der Waals surface area contributed by atoms with E-state index in [4.69, 9.17) is 14.7 Å². The van der Waals surface area contributed by atoms with Crippen LogP contribution in [0.4, 0.5) is 0 Å². The fourth-order valence-electron chi connectivity index (χ4n) is 1.41. The molecule has 1 aromatic carbocycles. The minimum atomic E-state index is -0.880. The number of hydrogen-bond acceptors (Lipinski definition) is 4. The van der Waals surface area contributed by atoms with Gasteiger partial charge in [0, 0.05) is 5.56 Å². The van der Waals surface area contributed by atoms with Gasteiger partial charge in [-0.3, -0.25) is 0 Å². The Labute approximate surface area is 95.0 Å². The lowest BCUT2D eigenvalue weighted by Crippen LogP contribution is -2.08. The summed E-state index contributed by atoms with van der Waals surface area (Å²) in [5.41, 5.74) is 0.566. The molecule has 1 aromatic rings. The number of aliphatic hydroxyl groups excluding tert-OH is 1. The standard InChI is InChI=1S/C12H15NO3/c1-8(7-13)12(14)10-6-9(15-2)4-5-11(10)16-3/h4-6,8,12,14H,1-3H3. The van der Waals surface area contributed by atoms with E-state index in [-0.39, 0.29) is 0 Å². The van der Waals surface area contributed by atoms with Crippen molar-refractivity contribution in [3.05, 3.63) is 23.8 Å². The van der Waals surface area contributed by atoms with E-state index in [1.807, 2.05) is 6.07 Å². The van der Waals surface area contributed by atoms with E-state index < -0.39 is 12.0 Å². The molecule has 0 bridgehead atoms. The lowest BCUT2D eigenvalue weighted by Gasteiger charge is -2.17. The second-order valence-electron chi connectivity index (χ2n) is 3.47. The van der Waals surface area contributed by atoms with Crippen LogP contribution < -0.4 is 9.47 Å². The van der Waals surface area contributed by atoms with Gasteiger partial charge < -0.3 is 14.6 Å². The highest BCUT2D eigenvalue weighted by molar-refractivity contribution is 5.42. The van der Waals surface area contributed by atoms with Crippen LogP contribution in [0, 0.1) is 17.2 Å². The van der Waals surface area contributed by atoms with Gasteiger partial charge in [-0.25, -0.2) is 0 Å². The van der Waals surface area contributed by atoms with Crippen molar-refractivity contribution >= 4 is 0 Å². The molecule has 1 rings (SSSR count). The molecule has 0 aliphatic heterocycles. The van der Waals surface area contributed by atoms with Gasteiger partial charge in [-0.05, 0) is 25.1 Å². The lowest BCUT2D eigenvalue weighted by atomic mass is 9.97. The van der Waals surface area contributed by atoms with Gasteiger partial charge in [0.2, 0.25) is 0 Å². The third-order valence-electron chi connectivity index (χ3n) is 2.43. The summed E-state index contributed by atoms with van der Waals surface area (Å²) in [5, 5.41) is 18.7. The van der Waals surface area contributed by atoms with Crippen LogP contribution in [-0.4, -0.2) is 19.3 Å². The fraction of sp³-hybridized carbons (Fsp3) is 0.417. The van der Waals surface area contributed by atoms with Crippen molar-refractivity contribution < 1.29 is 14.6 Å². The van der Waals surface area contributed by atoms with Gasteiger partial charge in [0.1, 0.15) is 11.5 Å². The van der Waals surface area contributed by atoms with E-state index in [0.29, 0.717) is 17.1 Å². The number of hydrogen-bond donors (Lipinski definition) is 1. The zero-order chi connectivity index (χ0) is 12.1. The molecule has 86 valence electrons. The van der Waals surface area contributed by atoms with Gasteiger partial charge in [0.15, 0.2) is 0 Å². The number of nitriles is 1. The molecule has 4 nitrogen and oxygen atoms in total. The van der Waals surface area contributed by atoms with E-state index in [9.17, 15) is 5.11 Å². The van der Waals surface area contributed by atoms with Gasteiger partial charge in [-0.2, -0.15) is 5.26 Å². The minimum Gasteiger partial charge on any atom is -0.497 e.